The summed E-state index contributed by atoms with van der Waals surface area (Å²) in [6.45, 7) is 0. The average molecular weight is 199 g/mol. The van der Waals surface area contributed by atoms with Crippen molar-refractivity contribution in [3.05, 3.63) is 23.4 Å². The second-order valence-corrected chi connectivity index (χ2v) is 2.63. The second-order valence-electron chi connectivity index (χ2n) is 2.18. The van der Waals surface area contributed by atoms with Gasteiger partial charge in [0.05, 0.1) is 10.6 Å². The monoisotopic (exact) mass is 199 g/mol. The predicted molar refractivity (Wildman–Crippen MR) is 45.4 cm³/mol. The molecule has 1 heterocycles. The molecular formula is C7H5NO4S. The first kappa shape index (κ1) is 9.53. The van der Waals surface area contributed by atoms with E-state index in [-0.39, 0.29) is 10.6 Å². The lowest BCUT2D eigenvalue weighted by atomic mass is 10.2. The summed E-state index contributed by atoms with van der Waals surface area (Å²) in [5, 5.41) is 17.3. The highest BCUT2D eigenvalue weighted by molar-refractivity contribution is 7.80. The molecule has 13 heavy (non-hydrogen) atoms. The van der Waals surface area contributed by atoms with Crippen molar-refractivity contribution in [2.75, 3.05) is 0 Å². The molecule has 0 saturated heterocycles. The molecule has 0 aliphatic carbocycles. The summed E-state index contributed by atoms with van der Waals surface area (Å²) >= 11 is 3.80. The van der Waals surface area contributed by atoms with E-state index in [1.54, 1.807) is 0 Å². The Labute approximate surface area is 78.4 Å². The summed E-state index contributed by atoms with van der Waals surface area (Å²) in [7, 11) is 0. The molecule has 0 aromatic carbocycles. The van der Waals surface area contributed by atoms with Crippen molar-refractivity contribution in [2.45, 2.75) is 5.03 Å². The van der Waals surface area contributed by atoms with Crippen molar-refractivity contribution in [2.24, 2.45) is 0 Å². The first-order valence-electron chi connectivity index (χ1n) is 3.19. The maximum absolute atomic E-state index is 10.5. The molecule has 0 aliphatic rings. The number of hydrogen-bond acceptors (Lipinski definition) is 4. The van der Waals surface area contributed by atoms with Crippen molar-refractivity contribution in [3.63, 3.8) is 0 Å². The van der Waals surface area contributed by atoms with Gasteiger partial charge < -0.3 is 10.2 Å². The van der Waals surface area contributed by atoms with Crippen molar-refractivity contribution in [1.82, 2.24) is 4.98 Å². The van der Waals surface area contributed by atoms with Gasteiger partial charge in [-0.3, -0.25) is 0 Å². The topological polar surface area (TPSA) is 87.5 Å². The molecule has 0 radical (unpaired) electrons. The zero-order valence-electron chi connectivity index (χ0n) is 6.26. The summed E-state index contributed by atoms with van der Waals surface area (Å²) < 4.78 is 0. The number of nitrogens with zero attached hydrogens (tertiary/aromatic N) is 1. The normalized spacial score (nSPS) is 9.62. The van der Waals surface area contributed by atoms with Crippen LogP contribution in [0.25, 0.3) is 0 Å². The fourth-order valence-corrected chi connectivity index (χ4v) is 0.959. The van der Waals surface area contributed by atoms with Gasteiger partial charge in [-0.2, -0.15) is 0 Å². The number of carbonyl (C=O) groups is 2. The Morgan fingerprint density at radius 1 is 1.23 bits per heavy atom. The highest BCUT2D eigenvalue weighted by atomic mass is 32.1. The van der Waals surface area contributed by atoms with Gasteiger partial charge in [0.1, 0.15) is 0 Å². The van der Waals surface area contributed by atoms with Crippen LogP contribution in [0.1, 0.15) is 20.8 Å². The van der Waals surface area contributed by atoms with Crippen molar-refractivity contribution < 1.29 is 19.8 Å². The van der Waals surface area contributed by atoms with E-state index in [2.05, 4.69) is 17.6 Å². The lowest BCUT2D eigenvalue weighted by Crippen LogP contribution is -2.10. The van der Waals surface area contributed by atoms with E-state index in [1.165, 1.54) is 6.07 Å². The number of aromatic nitrogens is 1. The van der Waals surface area contributed by atoms with E-state index in [4.69, 9.17) is 10.2 Å². The van der Waals surface area contributed by atoms with E-state index in [0.29, 0.717) is 0 Å². The Bertz CT molecular complexity index is 377. The Kier molecular flexibility index (Phi) is 2.52. The quantitative estimate of drug-likeness (QED) is 0.612. The zero-order chi connectivity index (χ0) is 10.0. The molecule has 0 saturated carbocycles. The van der Waals surface area contributed by atoms with Crippen molar-refractivity contribution >= 4 is 24.6 Å². The zero-order valence-corrected chi connectivity index (χ0v) is 7.15. The van der Waals surface area contributed by atoms with Gasteiger partial charge in [0, 0.05) is 0 Å². The van der Waals surface area contributed by atoms with Crippen molar-refractivity contribution in [1.29, 1.82) is 0 Å². The maximum atomic E-state index is 10.5. The largest absolute Gasteiger partial charge is 0.478 e. The van der Waals surface area contributed by atoms with Gasteiger partial charge in [-0.1, -0.05) is 0 Å². The summed E-state index contributed by atoms with van der Waals surface area (Å²) in [5.41, 5.74) is -0.842. The number of thiol groups is 1. The van der Waals surface area contributed by atoms with Crippen LogP contribution in [-0.2, 0) is 0 Å². The van der Waals surface area contributed by atoms with Crippen LogP contribution >= 0.6 is 12.6 Å². The molecule has 0 atom stereocenters. The first-order valence-corrected chi connectivity index (χ1v) is 3.63. The Morgan fingerprint density at radius 3 is 2.31 bits per heavy atom. The van der Waals surface area contributed by atoms with Gasteiger partial charge in [-0.05, 0) is 12.1 Å². The number of carboxylic acid groups (broad SMARTS) is 2. The van der Waals surface area contributed by atoms with Crippen LogP contribution in [0.5, 0.6) is 0 Å². The van der Waals surface area contributed by atoms with E-state index < -0.39 is 17.6 Å². The molecule has 1 rings (SSSR count). The molecule has 68 valence electrons. The van der Waals surface area contributed by atoms with Crippen LogP contribution in [0, 0.1) is 0 Å². The minimum absolute atomic E-state index is 0.169. The lowest BCUT2D eigenvalue weighted by Gasteiger charge is -1.99. The van der Waals surface area contributed by atoms with Crippen LogP contribution in [0.15, 0.2) is 17.2 Å². The molecule has 0 bridgehead atoms. The van der Waals surface area contributed by atoms with Crippen LogP contribution < -0.4 is 0 Å². The molecule has 0 unspecified atom stereocenters. The van der Waals surface area contributed by atoms with Gasteiger partial charge in [0.15, 0.2) is 5.69 Å². The summed E-state index contributed by atoms with van der Waals surface area (Å²) in [6, 6.07) is 2.47. The number of rotatable bonds is 2. The summed E-state index contributed by atoms with van der Waals surface area (Å²) in [4.78, 5) is 24.5. The predicted octanol–water partition coefficient (Wildman–Crippen LogP) is 0.767. The van der Waals surface area contributed by atoms with Gasteiger partial charge in [0.25, 0.3) is 0 Å². The third-order valence-electron chi connectivity index (χ3n) is 1.31. The molecular weight excluding hydrogens is 194 g/mol. The highest BCUT2D eigenvalue weighted by Gasteiger charge is 2.17. The molecule has 0 amide bonds. The van der Waals surface area contributed by atoms with E-state index in [0.717, 1.165) is 6.07 Å². The van der Waals surface area contributed by atoms with E-state index >= 15 is 0 Å². The smallest absolute Gasteiger partial charge is 0.355 e. The SMILES string of the molecule is O=C(O)c1ccc(S)nc1C(=O)O. The first-order chi connectivity index (χ1) is 6.02. The van der Waals surface area contributed by atoms with E-state index in [9.17, 15) is 9.59 Å². The Balaban J connectivity index is 3.35. The Morgan fingerprint density at radius 2 is 1.85 bits per heavy atom. The molecule has 1 aromatic rings. The van der Waals surface area contributed by atoms with Crippen LogP contribution in [-0.4, -0.2) is 27.1 Å². The molecule has 0 aliphatic heterocycles. The van der Waals surface area contributed by atoms with Gasteiger partial charge in [0.2, 0.25) is 0 Å². The number of hydrogen-bond donors (Lipinski definition) is 3. The molecule has 1 aromatic heterocycles. The fourth-order valence-electron chi connectivity index (χ4n) is 0.784. The lowest BCUT2D eigenvalue weighted by molar-refractivity contribution is 0.0645. The minimum Gasteiger partial charge on any atom is -0.478 e. The molecule has 6 heteroatoms. The molecule has 2 N–H and O–H groups in total. The van der Waals surface area contributed by atoms with Crippen LogP contribution in [0.2, 0.25) is 0 Å². The van der Waals surface area contributed by atoms with E-state index in [1.807, 2.05) is 0 Å². The standard InChI is InChI=1S/C7H5NO4S/c9-6(10)3-1-2-4(13)8-5(3)7(11)12/h1-2H,(H,8,13)(H,9,10)(H,11,12). The minimum atomic E-state index is -1.38. The third kappa shape index (κ3) is 1.97. The molecule has 0 fully saturated rings. The maximum Gasteiger partial charge on any atom is 0.355 e. The molecule has 0 spiro atoms. The number of pyridine rings is 1. The van der Waals surface area contributed by atoms with Gasteiger partial charge in [-0.15, -0.1) is 12.6 Å². The molecule has 5 nitrogen and oxygen atoms in total. The second kappa shape index (κ2) is 3.44. The number of aromatic carboxylic acids is 2. The Hall–Kier alpha value is -1.56. The summed E-state index contributed by atoms with van der Waals surface area (Å²) in [5.74, 6) is -2.70. The van der Waals surface area contributed by atoms with Crippen molar-refractivity contribution in [3.8, 4) is 0 Å². The van der Waals surface area contributed by atoms with Crippen LogP contribution in [0.3, 0.4) is 0 Å². The van der Waals surface area contributed by atoms with Gasteiger partial charge in [-0.25, -0.2) is 14.6 Å². The summed E-state index contributed by atoms with van der Waals surface area (Å²) in [6.07, 6.45) is 0. The van der Waals surface area contributed by atoms with Gasteiger partial charge >= 0.3 is 11.9 Å². The number of carboxylic acids is 2. The fraction of sp³-hybridized carbons (Fsp3) is 0. The highest BCUT2D eigenvalue weighted by Crippen LogP contribution is 2.10. The van der Waals surface area contributed by atoms with Crippen LogP contribution in [0.4, 0.5) is 0 Å². The third-order valence-corrected chi connectivity index (χ3v) is 1.56. The average Bonchev–Trinajstić information content (AvgIpc) is 2.03.